The second-order valence-electron chi connectivity index (χ2n) is 5.99. The van der Waals surface area contributed by atoms with Crippen LogP contribution in [0, 0.1) is 10.8 Å². The molecule has 2 heteroatoms. The molecule has 0 saturated heterocycles. The third-order valence-electron chi connectivity index (χ3n) is 1.15. The molecule has 0 atom stereocenters. The molecule has 0 aliphatic carbocycles. The summed E-state index contributed by atoms with van der Waals surface area (Å²) in [5.41, 5.74) is 0.841. The predicted octanol–water partition coefficient (Wildman–Crippen LogP) is 4.07. The van der Waals surface area contributed by atoms with Crippen LogP contribution in [0.3, 0.4) is 0 Å². The molecule has 0 aliphatic heterocycles. The van der Waals surface area contributed by atoms with Crippen LogP contribution in [0.2, 0.25) is 0 Å². The van der Waals surface area contributed by atoms with Crippen LogP contribution in [-0.4, -0.2) is 25.7 Å². The Balaban J connectivity index is 0. The Morgan fingerprint density at radius 3 is 1.36 bits per heavy atom. The molecule has 0 aromatic carbocycles. The van der Waals surface area contributed by atoms with Gasteiger partial charge in [-0.1, -0.05) is 41.5 Å². The van der Waals surface area contributed by atoms with Crippen molar-refractivity contribution in [3.63, 3.8) is 0 Å². The molecule has 0 spiro atoms. The molecule has 0 saturated carbocycles. The SMILES string of the molecule is COCC(C)(C)C.CSCC(C)(C)C. The van der Waals surface area contributed by atoms with E-state index in [1.165, 1.54) is 5.75 Å². The van der Waals surface area contributed by atoms with Crippen molar-refractivity contribution in [2.24, 2.45) is 10.8 Å². The fourth-order valence-electron chi connectivity index (χ4n) is 0.866. The summed E-state index contributed by atoms with van der Waals surface area (Å²) in [5.74, 6) is 1.26. The maximum atomic E-state index is 4.91. The van der Waals surface area contributed by atoms with Crippen molar-refractivity contribution in [2.45, 2.75) is 41.5 Å². The minimum absolute atomic E-state index is 0.328. The summed E-state index contributed by atoms with van der Waals surface area (Å²) in [6, 6.07) is 0. The molecular weight excluding hydrogens is 192 g/mol. The van der Waals surface area contributed by atoms with Gasteiger partial charge in [0.15, 0.2) is 0 Å². The molecule has 0 amide bonds. The molecule has 1 nitrogen and oxygen atoms in total. The summed E-state index contributed by atoms with van der Waals surface area (Å²) in [7, 11) is 1.73. The number of rotatable bonds is 2. The summed E-state index contributed by atoms with van der Waals surface area (Å²) in [6.07, 6.45) is 2.14. The molecule has 14 heavy (non-hydrogen) atoms. The van der Waals surface area contributed by atoms with E-state index in [1.54, 1.807) is 7.11 Å². The number of methoxy groups -OCH3 is 1. The summed E-state index contributed by atoms with van der Waals surface area (Å²) in [4.78, 5) is 0. The minimum atomic E-state index is 0.328. The van der Waals surface area contributed by atoms with Gasteiger partial charge >= 0.3 is 0 Å². The number of hydrogen-bond donors (Lipinski definition) is 0. The molecule has 0 rings (SSSR count). The van der Waals surface area contributed by atoms with Crippen molar-refractivity contribution >= 4 is 11.8 Å². The van der Waals surface area contributed by atoms with Crippen molar-refractivity contribution in [3.8, 4) is 0 Å². The van der Waals surface area contributed by atoms with Crippen molar-refractivity contribution in [1.82, 2.24) is 0 Å². The van der Waals surface area contributed by atoms with E-state index in [0.717, 1.165) is 6.61 Å². The summed E-state index contributed by atoms with van der Waals surface area (Å²) >= 11 is 1.91. The van der Waals surface area contributed by atoms with E-state index >= 15 is 0 Å². The van der Waals surface area contributed by atoms with Crippen LogP contribution in [0.25, 0.3) is 0 Å². The second-order valence-corrected chi connectivity index (χ2v) is 6.85. The maximum Gasteiger partial charge on any atom is 0.0510 e. The fraction of sp³-hybridized carbons (Fsp3) is 1.00. The molecule has 0 radical (unpaired) electrons. The molecule has 0 fully saturated rings. The van der Waals surface area contributed by atoms with Crippen LogP contribution in [0.4, 0.5) is 0 Å². The van der Waals surface area contributed by atoms with Crippen molar-refractivity contribution < 1.29 is 4.74 Å². The van der Waals surface area contributed by atoms with Gasteiger partial charge in [-0.2, -0.15) is 11.8 Å². The standard InChI is InChI=1S/C6H14O.C6H14S/c2*1-6(2,3)5-7-4/h2*5H2,1-4H3. The minimum Gasteiger partial charge on any atom is -0.384 e. The zero-order valence-electron chi connectivity index (χ0n) is 11.2. The van der Waals surface area contributed by atoms with Gasteiger partial charge in [-0.05, 0) is 22.8 Å². The Kier molecular flexibility index (Phi) is 9.06. The first-order chi connectivity index (χ1) is 6.12. The number of hydrogen-bond acceptors (Lipinski definition) is 2. The van der Waals surface area contributed by atoms with Gasteiger partial charge in [-0.25, -0.2) is 0 Å². The van der Waals surface area contributed by atoms with Gasteiger partial charge < -0.3 is 4.74 Å². The third-order valence-corrected chi connectivity index (χ3v) is 2.31. The van der Waals surface area contributed by atoms with Crippen molar-refractivity contribution in [1.29, 1.82) is 0 Å². The van der Waals surface area contributed by atoms with Crippen LogP contribution in [0.1, 0.15) is 41.5 Å². The van der Waals surface area contributed by atoms with E-state index in [9.17, 15) is 0 Å². The molecule has 0 aliphatic rings. The van der Waals surface area contributed by atoms with Gasteiger partial charge in [-0.3, -0.25) is 0 Å². The topological polar surface area (TPSA) is 9.23 Å². The lowest BCUT2D eigenvalue weighted by molar-refractivity contribution is 0.116. The van der Waals surface area contributed by atoms with Gasteiger partial charge in [0, 0.05) is 7.11 Å². The molecule has 0 aromatic heterocycles. The zero-order chi connectivity index (χ0) is 11.8. The van der Waals surface area contributed by atoms with E-state index in [0.29, 0.717) is 10.8 Å². The first kappa shape index (κ1) is 16.7. The van der Waals surface area contributed by atoms with Gasteiger partial charge in [0.2, 0.25) is 0 Å². The van der Waals surface area contributed by atoms with Gasteiger partial charge in [0.25, 0.3) is 0 Å². The molecule has 0 N–H and O–H groups in total. The highest BCUT2D eigenvalue weighted by molar-refractivity contribution is 7.98. The monoisotopic (exact) mass is 220 g/mol. The lowest BCUT2D eigenvalue weighted by Crippen LogP contribution is -2.12. The highest BCUT2D eigenvalue weighted by Gasteiger charge is 2.07. The second kappa shape index (κ2) is 7.58. The van der Waals surface area contributed by atoms with Gasteiger partial charge in [-0.15, -0.1) is 0 Å². The maximum absolute atomic E-state index is 4.91. The van der Waals surface area contributed by atoms with Crippen LogP contribution < -0.4 is 0 Å². The summed E-state index contributed by atoms with van der Waals surface area (Å²) in [5, 5.41) is 0. The Bertz CT molecular complexity index is 103. The lowest BCUT2D eigenvalue weighted by atomic mass is 9.99. The summed E-state index contributed by atoms with van der Waals surface area (Å²) in [6.45, 7) is 14.0. The Hall–Kier alpha value is 0.310. The largest absolute Gasteiger partial charge is 0.384 e. The van der Waals surface area contributed by atoms with Crippen molar-refractivity contribution in [2.75, 3.05) is 25.7 Å². The van der Waals surface area contributed by atoms with Gasteiger partial charge in [0.1, 0.15) is 0 Å². The first-order valence-electron chi connectivity index (χ1n) is 5.10. The average Bonchev–Trinajstić information content (AvgIpc) is 1.81. The molecule has 88 valence electrons. The smallest absolute Gasteiger partial charge is 0.0510 e. The van der Waals surface area contributed by atoms with Crippen molar-refractivity contribution in [3.05, 3.63) is 0 Å². The fourth-order valence-corrected chi connectivity index (χ4v) is 1.73. The first-order valence-corrected chi connectivity index (χ1v) is 6.49. The molecule has 0 bridgehead atoms. The molecule has 0 aromatic rings. The van der Waals surface area contributed by atoms with Crippen LogP contribution in [-0.2, 0) is 4.74 Å². The van der Waals surface area contributed by atoms with E-state index in [1.807, 2.05) is 11.8 Å². The van der Waals surface area contributed by atoms with E-state index in [2.05, 4.69) is 47.8 Å². The van der Waals surface area contributed by atoms with E-state index in [4.69, 9.17) is 4.74 Å². The van der Waals surface area contributed by atoms with Crippen LogP contribution >= 0.6 is 11.8 Å². The molecular formula is C12H28OS. The highest BCUT2D eigenvalue weighted by atomic mass is 32.2. The van der Waals surface area contributed by atoms with E-state index in [-0.39, 0.29) is 0 Å². The lowest BCUT2D eigenvalue weighted by Gasteiger charge is -2.15. The highest BCUT2D eigenvalue weighted by Crippen LogP contribution is 2.17. The Morgan fingerprint density at radius 1 is 0.929 bits per heavy atom. The number of ether oxygens (including phenoxy) is 1. The summed E-state index contributed by atoms with van der Waals surface area (Å²) < 4.78 is 4.91. The quantitative estimate of drug-likeness (QED) is 0.693. The number of thioether (sulfide) groups is 1. The third kappa shape index (κ3) is 22.8. The predicted molar refractivity (Wildman–Crippen MR) is 69.2 cm³/mol. The molecule has 0 heterocycles. The van der Waals surface area contributed by atoms with Gasteiger partial charge in [0.05, 0.1) is 6.61 Å². The van der Waals surface area contributed by atoms with Crippen LogP contribution in [0.5, 0.6) is 0 Å². The zero-order valence-corrected chi connectivity index (χ0v) is 12.0. The Labute approximate surface area is 95.0 Å². The normalized spacial score (nSPS) is 12.0. The molecule has 0 unspecified atom stereocenters. The van der Waals surface area contributed by atoms with E-state index < -0.39 is 0 Å². The average molecular weight is 220 g/mol. The Morgan fingerprint density at radius 2 is 1.36 bits per heavy atom. The van der Waals surface area contributed by atoms with Crippen LogP contribution in [0.15, 0.2) is 0 Å².